The fourth-order valence-electron chi connectivity index (χ4n) is 1.37. The van der Waals surface area contributed by atoms with Crippen LogP contribution in [0.25, 0.3) is 0 Å². The molecule has 0 bridgehead atoms. The van der Waals surface area contributed by atoms with E-state index in [1.807, 2.05) is 20.0 Å². The molecule has 3 heteroatoms. The molecule has 1 aromatic heterocycles. The molecular formula is C12H21N3. The Morgan fingerprint density at radius 2 is 2.07 bits per heavy atom. The molecule has 1 heterocycles. The minimum absolute atomic E-state index is 0.643. The number of rotatable bonds is 5. The number of aryl methyl sites for hydroxylation is 1. The number of nitrogens with zero attached hydrogens (tertiary/aromatic N) is 1. The van der Waals surface area contributed by atoms with Crippen LogP contribution in [0.2, 0.25) is 0 Å². The zero-order valence-electron chi connectivity index (χ0n) is 10.1. The van der Waals surface area contributed by atoms with Crippen molar-refractivity contribution >= 4 is 5.82 Å². The van der Waals surface area contributed by atoms with E-state index in [9.17, 15) is 0 Å². The van der Waals surface area contributed by atoms with E-state index in [0.717, 1.165) is 24.6 Å². The van der Waals surface area contributed by atoms with Crippen LogP contribution in [0.5, 0.6) is 0 Å². The number of hydrogen-bond acceptors (Lipinski definition) is 3. The molecule has 1 rings (SSSR count). The van der Waals surface area contributed by atoms with Gasteiger partial charge in [0.05, 0.1) is 0 Å². The smallest absolute Gasteiger partial charge is 0.126 e. The Kier molecular flexibility index (Phi) is 4.56. The summed E-state index contributed by atoms with van der Waals surface area (Å²) in [7, 11) is 1.95. The Balaban J connectivity index is 2.64. The molecule has 0 saturated carbocycles. The third-order valence-electron chi connectivity index (χ3n) is 2.25. The quantitative estimate of drug-likeness (QED) is 0.777. The van der Waals surface area contributed by atoms with Crippen molar-refractivity contribution < 1.29 is 0 Å². The average molecular weight is 207 g/mol. The number of pyridine rings is 1. The van der Waals surface area contributed by atoms with Gasteiger partial charge in [0.25, 0.3) is 0 Å². The largest absolute Gasteiger partial charge is 0.370 e. The van der Waals surface area contributed by atoms with E-state index in [1.54, 1.807) is 0 Å². The highest BCUT2D eigenvalue weighted by Gasteiger charge is 2.01. The molecule has 15 heavy (non-hydrogen) atoms. The third-order valence-corrected chi connectivity index (χ3v) is 2.25. The highest BCUT2D eigenvalue weighted by Crippen LogP contribution is 2.10. The maximum atomic E-state index is 4.51. The molecule has 0 atom stereocenters. The van der Waals surface area contributed by atoms with Gasteiger partial charge in [-0.05, 0) is 31.5 Å². The molecule has 1 aromatic rings. The number of hydrogen-bond donors (Lipinski definition) is 2. The molecule has 0 spiro atoms. The first-order valence-corrected chi connectivity index (χ1v) is 5.48. The summed E-state index contributed by atoms with van der Waals surface area (Å²) in [5.74, 6) is 1.62. The molecule has 0 aliphatic heterocycles. The van der Waals surface area contributed by atoms with Crippen molar-refractivity contribution in [3.05, 3.63) is 23.4 Å². The second-order valence-corrected chi connectivity index (χ2v) is 4.25. The molecule has 0 aliphatic carbocycles. The predicted molar refractivity (Wildman–Crippen MR) is 65.1 cm³/mol. The van der Waals surface area contributed by atoms with Crippen LogP contribution in [0.1, 0.15) is 25.1 Å². The lowest BCUT2D eigenvalue weighted by atomic mass is 10.2. The molecule has 0 saturated heterocycles. The van der Waals surface area contributed by atoms with E-state index >= 15 is 0 Å². The summed E-state index contributed by atoms with van der Waals surface area (Å²) < 4.78 is 0. The Labute approximate surface area is 92.3 Å². The second kappa shape index (κ2) is 5.71. The van der Waals surface area contributed by atoms with Gasteiger partial charge >= 0.3 is 0 Å². The van der Waals surface area contributed by atoms with Gasteiger partial charge in [-0.3, -0.25) is 0 Å². The van der Waals surface area contributed by atoms with E-state index in [1.165, 1.54) is 5.56 Å². The SMILES string of the molecule is CNCc1ccc(NCC(C)C)nc1C. The molecule has 0 unspecified atom stereocenters. The summed E-state index contributed by atoms with van der Waals surface area (Å²) in [5.41, 5.74) is 2.35. The first-order chi connectivity index (χ1) is 7.13. The summed E-state index contributed by atoms with van der Waals surface area (Å²) in [6, 6.07) is 4.17. The van der Waals surface area contributed by atoms with Crippen LogP contribution in [0.4, 0.5) is 5.82 Å². The summed E-state index contributed by atoms with van der Waals surface area (Å²) >= 11 is 0. The Morgan fingerprint density at radius 3 is 2.60 bits per heavy atom. The van der Waals surface area contributed by atoms with Crippen LogP contribution in [-0.4, -0.2) is 18.6 Å². The highest BCUT2D eigenvalue weighted by atomic mass is 15.0. The van der Waals surface area contributed by atoms with Crippen molar-refractivity contribution in [2.45, 2.75) is 27.3 Å². The Bertz CT molecular complexity index is 308. The fourth-order valence-corrected chi connectivity index (χ4v) is 1.37. The van der Waals surface area contributed by atoms with E-state index < -0.39 is 0 Å². The van der Waals surface area contributed by atoms with Gasteiger partial charge < -0.3 is 10.6 Å². The summed E-state index contributed by atoms with van der Waals surface area (Å²) in [5, 5.41) is 6.46. The lowest BCUT2D eigenvalue weighted by molar-refractivity contribution is 0.686. The number of aromatic nitrogens is 1. The minimum atomic E-state index is 0.643. The van der Waals surface area contributed by atoms with Crippen molar-refractivity contribution in [2.75, 3.05) is 18.9 Å². The monoisotopic (exact) mass is 207 g/mol. The Morgan fingerprint density at radius 1 is 1.33 bits per heavy atom. The van der Waals surface area contributed by atoms with Crippen LogP contribution in [0.3, 0.4) is 0 Å². The Hall–Kier alpha value is -1.09. The van der Waals surface area contributed by atoms with E-state index in [4.69, 9.17) is 0 Å². The number of nitrogens with one attached hydrogen (secondary N) is 2. The van der Waals surface area contributed by atoms with Crippen molar-refractivity contribution in [2.24, 2.45) is 5.92 Å². The van der Waals surface area contributed by atoms with Crippen molar-refractivity contribution in [1.29, 1.82) is 0 Å². The van der Waals surface area contributed by atoms with Crippen molar-refractivity contribution in [3.8, 4) is 0 Å². The van der Waals surface area contributed by atoms with Crippen LogP contribution in [0.15, 0.2) is 12.1 Å². The van der Waals surface area contributed by atoms with Gasteiger partial charge in [0, 0.05) is 18.8 Å². The van der Waals surface area contributed by atoms with Gasteiger partial charge in [0.1, 0.15) is 5.82 Å². The van der Waals surface area contributed by atoms with Crippen LogP contribution in [0, 0.1) is 12.8 Å². The fraction of sp³-hybridized carbons (Fsp3) is 0.583. The van der Waals surface area contributed by atoms with Crippen molar-refractivity contribution in [1.82, 2.24) is 10.3 Å². The molecular weight excluding hydrogens is 186 g/mol. The van der Waals surface area contributed by atoms with Gasteiger partial charge in [-0.15, -0.1) is 0 Å². The van der Waals surface area contributed by atoms with Gasteiger partial charge in [-0.25, -0.2) is 4.98 Å². The van der Waals surface area contributed by atoms with E-state index in [2.05, 4.69) is 35.5 Å². The normalized spacial score (nSPS) is 10.7. The zero-order valence-corrected chi connectivity index (χ0v) is 10.1. The molecule has 0 amide bonds. The number of anilines is 1. The molecule has 0 aromatic carbocycles. The second-order valence-electron chi connectivity index (χ2n) is 4.25. The first-order valence-electron chi connectivity index (χ1n) is 5.48. The molecule has 0 fully saturated rings. The van der Waals surface area contributed by atoms with Crippen molar-refractivity contribution in [3.63, 3.8) is 0 Å². The average Bonchev–Trinajstić information content (AvgIpc) is 2.19. The minimum Gasteiger partial charge on any atom is -0.370 e. The molecule has 0 radical (unpaired) electrons. The maximum Gasteiger partial charge on any atom is 0.126 e. The van der Waals surface area contributed by atoms with Crippen LogP contribution in [-0.2, 0) is 6.54 Å². The molecule has 3 nitrogen and oxygen atoms in total. The van der Waals surface area contributed by atoms with E-state index in [-0.39, 0.29) is 0 Å². The van der Waals surface area contributed by atoms with Gasteiger partial charge in [-0.1, -0.05) is 19.9 Å². The van der Waals surface area contributed by atoms with E-state index in [0.29, 0.717) is 5.92 Å². The van der Waals surface area contributed by atoms with Gasteiger partial charge in [0.2, 0.25) is 0 Å². The molecule has 84 valence electrons. The topological polar surface area (TPSA) is 37.0 Å². The standard InChI is InChI=1S/C12H21N3/c1-9(2)7-14-12-6-5-11(8-13-4)10(3)15-12/h5-6,9,13H,7-8H2,1-4H3,(H,14,15). The lowest BCUT2D eigenvalue weighted by Crippen LogP contribution is -2.11. The summed E-state index contributed by atoms with van der Waals surface area (Å²) in [6.07, 6.45) is 0. The summed E-state index contributed by atoms with van der Waals surface area (Å²) in [6.45, 7) is 8.28. The van der Waals surface area contributed by atoms with Gasteiger partial charge in [0.15, 0.2) is 0 Å². The van der Waals surface area contributed by atoms with Crippen LogP contribution >= 0.6 is 0 Å². The highest BCUT2D eigenvalue weighted by molar-refractivity contribution is 5.38. The summed E-state index contributed by atoms with van der Waals surface area (Å²) in [4.78, 5) is 4.51. The third kappa shape index (κ3) is 3.88. The predicted octanol–water partition coefficient (Wildman–Crippen LogP) is 2.18. The lowest BCUT2D eigenvalue weighted by Gasteiger charge is -2.10. The maximum absolute atomic E-state index is 4.51. The molecule has 0 aliphatic rings. The zero-order chi connectivity index (χ0) is 11.3. The molecule has 2 N–H and O–H groups in total. The van der Waals surface area contributed by atoms with Gasteiger partial charge in [-0.2, -0.15) is 0 Å². The van der Waals surface area contributed by atoms with Crippen LogP contribution < -0.4 is 10.6 Å². The first kappa shape index (κ1) is 12.0.